The largest absolute Gasteiger partial charge is 0.383 e. The predicted molar refractivity (Wildman–Crippen MR) is 63.7 cm³/mol. The van der Waals surface area contributed by atoms with E-state index >= 15 is 0 Å². The maximum Gasteiger partial charge on any atom is 0.137 e. The Hall–Kier alpha value is -0.610. The summed E-state index contributed by atoms with van der Waals surface area (Å²) in [5, 5.41) is 3.64. The Morgan fingerprint density at radius 3 is 2.93 bits per heavy atom. The molecule has 0 aromatic carbocycles. The second-order valence-corrected chi connectivity index (χ2v) is 5.38. The molecule has 2 aliphatic heterocycles. The zero-order valence-electron chi connectivity index (χ0n) is 8.41. The minimum Gasteiger partial charge on any atom is -0.383 e. The van der Waals surface area contributed by atoms with E-state index in [9.17, 15) is 0 Å². The van der Waals surface area contributed by atoms with Gasteiger partial charge in [0.1, 0.15) is 5.82 Å². The van der Waals surface area contributed by atoms with E-state index in [4.69, 9.17) is 5.73 Å². The van der Waals surface area contributed by atoms with Gasteiger partial charge < -0.3 is 11.1 Å². The number of anilines is 1. The number of nitrogens with two attached hydrogens (primary N) is 1. The van der Waals surface area contributed by atoms with Crippen LogP contribution in [0, 0.1) is 0 Å². The first-order chi connectivity index (χ1) is 7.24. The van der Waals surface area contributed by atoms with Gasteiger partial charge in [0.2, 0.25) is 0 Å². The molecule has 4 heteroatoms. The first-order valence-electron chi connectivity index (χ1n) is 5.41. The van der Waals surface area contributed by atoms with Crippen LogP contribution in [0.25, 0.3) is 0 Å². The number of pyridine rings is 1. The lowest BCUT2D eigenvalue weighted by atomic mass is 9.85. The van der Waals surface area contributed by atoms with E-state index in [1.54, 1.807) is 0 Å². The Kier molecular flexibility index (Phi) is 2.21. The van der Waals surface area contributed by atoms with E-state index in [1.165, 1.54) is 24.8 Å². The van der Waals surface area contributed by atoms with Crippen molar-refractivity contribution in [3.8, 4) is 0 Å². The molecule has 3 nitrogen and oxygen atoms in total. The fourth-order valence-corrected chi connectivity index (χ4v) is 3.23. The number of nitrogens with zero attached hydrogens (tertiary/aromatic N) is 1. The maximum atomic E-state index is 5.69. The Labute approximate surface area is 97.6 Å². The lowest BCUT2D eigenvalue weighted by Crippen LogP contribution is -2.21. The molecule has 80 valence electrons. The van der Waals surface area contributed by atoms with Crippen molar-refractivity contribution in [1.82, 2.24) is 10.3 Å². The van der Waals surface area contributed by atoms with Crippen LogP contribution in [0.4, 0.5) is 5.82 Å². The van der Waals surface area contributed by atoms with Gasteiger partial charge in [-0.2, -0.15) is 0 Å². The van der Waals surface area contributed by atoms with Gasteiger partial charge in [-0.25, -0.2) is 4.98 Å². The van der Waals surface area contributed by atoms with Gasteiger partial charge in [-0.15, -0.1) is 0 Å². The van der Waals surface area contributed by atoms with Crippen LogP contribution in [0.3, 0.4) is 0 Å². The van der Waals surface area contributed by atoms with E-state index in [2.05, 4.69) is 32.3 Å². The van der Waals surface area contributed by atoms with E-state index in [1.807, 2.05) is 6.20 Å². The standard InChI is InChI=1S/C11H14BrN3/c12-9-3-6(5-14-11(9)13)8-4-7-1-2-10(8)15-7/h3,5,7-8,10,15H,1-2,4H2,(H2,13,14)/t7?,8-,10?/m1/s1. The van der Waals surface area contributed by atoms with Crippen molar-refractivity contribution < 1.29 is 0 Å². The quantitative estimate of drug-likeness (QED) is 0.819. The van der Waals surface area contributed by atoms with Gasteiger partial charge in [0.15, 0.2) is 0 Å². The van der Waals surface area contributed by atoms with E-state index in [0.29, 0.717) is 17.8 Å². The summed E-state index contributed by atoms with van der Waals surface area (Å²) in [5.41, 5.74) is 7.01. The molecule has 3 N–H and O–H groups in total. The Morgan fingerprint density at radius 1 is 1.47 bits per heavy atom. The summed E-state index contributed by atoms with van der Waals surface area (Å²) >= 11 is 3.44. The van der Waals surface area contributed by atoms with Crippen LogP contribution in [-0.2, 0) is 0 Å². The Bertz CT molecular complexity index is 393. The molecular formula is C11H14BrN3. The fraction of sp³-hybridized carbons (Fsp3) is 0.545. The van der Waals surface area contributed by atoms with Crippen molar-refractivity contribution in [2.45, 2.75) is 37.3 Å². The summed E-state index contributed by atoms with van der Waals surface area (Å²) in [6.45, 7) is 0. The number of halogens is 1. The highest BCUT2D eigenvalue weighted by molar-refractivity contribution is 9.10. The molecule has 2 unspecified atom stereocenters. The van der Waals surface area contributed by atoms with Gasteiger partial charge in [-0.3, -0.25) is 0 Å². The summed E-state index contributed by atoms with van der Waals surface area (Å²) in [5.74, 6) is 1.21. The van der Waals surface area contributed by atoms with Crippen LogP contribution in [0.15, 0.2) is 16.7 Å². The molecule has 2 saturated heterocycles. The van der Waals surface area contributed by atoms with Crippen LogP contribution in [0.1, 0.15) is 30.7 Å². The van der Waals surface area contributed by atoms with Crippen LogP contribution in [-0.4, -0.2) is 17.1 Å². The van der Waals surface area contributed by atoms with Crippen LogP contribution in [0.5, 0.6) is 0 Å². The van der Waals surface area contributed by atoms with Crippen LogP contribution >= 0.6 is 15.9 Å². The van der Waals surface area contributed by atoms with Crippen molar-refractivity contribution in [3.05, 3.63) is 22.3 Å². The SMILES string of the molecule is Nc1ncc([C@H]2CC3CCC2N3)cc1Br. The molecule has 15 heavy (non-hydrogen) atoms. The first kappa shape index (κ1) is 9.60. The van der Waals surface area contributed by atoms with Gasteiger partial charge in [0.25, 0.3) is 0 Å². The summed E-state index contributed by atoms with van der Waals surface area (Å²) in [6, 6.07) is 3.51. The Morgan fingerprint density at radius 2 is 2.33 bits per heavy atom. The van der Waals surface area contributed by atoms with E-state index < -0.39 is 0 Å². The maximum absolute atomic E-state index is 5.69. The molecular weight excluding hydrogens is 254 g/mol. The third-order valence-electron chi connectivity index (χ3n) is 3.62. The van der Waals surface area contributed by atoms with Crippen molar-refractivity contribution in [1.29, 1.82) is 0 Å². The molecule has 2 bridgehead atoms. The van der Waals surface area contributed by atoms with E-state index in [0.717, 1.165) is 10.5 Å². The van der Waals surface area contributed by atoms with Gasteiger partial charge in [0.05, 0.1) is 4.47 Å². The molecule has 1 aromatic heterocycles. The molecule has 0 amide bonds. The molecule has 2 fully saturated rings. The monoisotopic (exact) mass is 267 g/mol. The zero-order valence-corrected chi connectivity index (χ0v) is 10.00. The molecule has 0 spiro atoms. The number of hydrogen-bond acceptors (Lipinski definition) is 3. The minimum atomic E-state index is 0.579. The molecule has 2 aliphatic rings. The average Bonchev–Trinajstić information content (AvgIpc) is 2.83. The number of nitrogen functional groups attached to an aromatic ring is 1. The smallest absolute Gasteiger partial charge is 0.137 e. The molecule has 1 aromatic rings. The minimum absolute atomic E-state index is 0.579. The van der Waals surface area contributed by atoms with Crippen LogP contribution < -0.4 is 11.1 Å². The van der Waals surface area contributed by atoms with Crippen molar-refractivity contribution >= 4 is 21.7 Å². The van der Waals surface area contributed by atoms with Gasteiger partial charge in [-0.05, 0) is 46.8 Å². The number of aromatic nitrogens is 1. The van der Waals surface area contributed by atoms with E-state index in [-0.39, 0.29) is 0 Å². The predicted octanol–water partition coefficient (Wildman–Crippen LogP) is 2.03. The third-order valence-corrected chi connectivity index (χ3v) is 4.25. The summed E-state index contributed by atoms with van der Waals surface area (Å²) < 4.78 is 0.919. The van der Waals surface area contributed by atoms with Gasteiger partial charge in [-0.1, -0.05) is 0 Å². The molecule has 0 saturated carbocycles. The lowest BCUT2D eigenvalue weighted by Gasteiger charge is -2.20. The average molecular weight is 268 g/mol. The van der Waals surface area contributed by atoms with Crippen molar-refractivity contribution in [3.63, 3.8) is 0 Å². The van der Waals surface area contributed by atoms with Crippen molar-refractivity contribution in [2.75, 3.05) is 5.73 Å². The van der Waals surface area contributed by atoms with Crippen LogP contribution in [0.2, 0.25) is 0 Å². The topological polar surface area (TPSA) is 50.9 Å². The highest BCUT2D eigenvalue weighted by Crippen LogP contribution is 2.40. The second kappa shape index (κ2) is 3.46. The fourth-order valence-electron chi connectivity index (χ4n) is 2.86. The molecule has 3 heterocycles. The summed E-state index contributed by atoms with van der Waals surface area (Å²) in [7, 11) is 0. The highest BCUT2D eigenvalue weighted by atomic mass is 79.9. The summed E-state index contributed by atoms with van der Waals surface area (Å²) in [4.78, 5) is 4.21. The normalized spacial score (nSPS) is 33.5. The summed E-state index contributed by atoms with van der Waals surface area (Å²) in [6.07, 6.45) is 5.82. The van der Waals surface area contributed by atoms with Gasteiger partial charge in [0, 0.05) is 24.2 Å². The number of nitrogens with one attached hydrogen (secondary N) is 1. The third kappa shape index (κ3) is 1.56. The Balaban J connectivity index is 1.90. The van der Waals surface area contributed by atoms with Crippen molar-refractivity contribution in [2.24, 2.45) is 0 Å². The molecule has 0 aliphatic carbocycles. The number of rotatable bonds is 1. The first-order valence-corrected chi connectivity index (χ1v) is 6.20. The number of hydrogen-bond donors (Lipinski definition) is 2. The number of fused-ring (bicyclic) bond motifs is 2. The molecule has 3 rings (SSSR count). The molecule has 0 radical (unpaired) electrons. The second-order valence-electron chi connectivity index (χ2n) is 4.53. The highest BCUT2D eigenvalue weighted by Gasteiger charge is 2.39. The molecule has 3 atom stereocenters. The zero-order chi connectivity index (χ0) is 10.4. The lowest BCUT2D eigenvalue weighted by molar-refractivity contribution is 0.505. The van der Waals surface area contributed by atoms with Gasteiger partial charge >= 0.3 is 0 Å².